The van der Waals surface area contributed by atoms with E-state index in [-0.39, 0.29) is 0 Å². The molecule has 0 bridgehead atoms. The number of ether oxygens (including phenoxy) is 1. The highest BCUT2D eigenvalue weighted by atomic mass is 16.5. The van der Waals surface area contributed by atoms with Crippen molar-refractivity contribution in [2.75, 3.05) is 0 Å². The maximum absolute atomic E-state index is 6.28. The fraction of sp³-hybridized carbons (Fsp3) is 0.800. The Balaban J connectivity index is 1.66. The van der Waals surface area contributed by atoms with E-state index in [4.69, 9.17) is 9.72 Å². The van der Waals surface area contributed by atoms with Crippen LogP contribution in [0.15, 0.2) is 12.3 Å². The quantitative estimate of drug-likeness (QED) is 0.329. The van der Waals surface area contributed by atoms with Crippen molar-refractivity contribution in [2.45, 2.75) is 123 Å². The van der Waals surface area contributed by atoms with Gasteiger partial charge in [0.25, 0.3) is 0 Å². The lowest BCUT2D eigenvalue weighted by Crippen LogP contribution is -2.24. The van der Waals surface area contributed by atoms with Gasteiger partial charge in [0.2, 0.25) is 0 Å². The smallest absolute Gasteiger partial charge is 0.138 e. The van der Waals surface area contributed by atoms with E-state index in [9.17, 15) is 0 Å². The average Bonchev–Trinajstić information content (AvgIpc) is 2.68. The number of nitrogens with zero attached hydrogens (tertiary/aromatic N) is 1. The molecule has 2 nitrogen and oxygen atoms in total. The maximum atomic E-state index is 6.28. The second-order valence-corrected chi connectivity index (χ2v) is 8.71. The summed E-state index contributed by atoms with van der Waals surface area (Å²) in [6.07, 6.45) is 22.3. The molecular formula is C25H43NO. The molecule has 0 aromatic carbocycles. The lowest BCUT2D eigenvalue weighted by molar-refractivity contribution is 0.127. The second-order valence-electron chi connectivity index (χ2n) is 8.71. The molecule has 0 saturated heterocycles. The molecule has 0 N–H and O–H groups in total. The van der Waals surface area contributed by atoms with Crippen molar-refractivity contribution >= 4 is 0 Å². The molecule has 0 amide bonds. The van der Waals surface area contributed by atoms with Crippen LogP contribution in [0.3, 0.4) is 0 Å². The number of rotatable bonds is 13. The van der Waals surface area contributed by atoms with E-state index in [1.807, 2.05) is 6.20 Å². The van der Waals surface area contributed by atoms with E-state index in [1.54, 1.807) is 0 Å². The van der Waals surface area contributed by atoms with Gasteiger partial charge in [-0.15, -0.1) is 0 Å². The standard InChI is InChI=1S/C25H43NO/c1-4-6-8-10-11-13-22-15-17-23(18-16-22)27-24-19-21(3)25(26-20-24)14-12-9-7-5-2/h19-20,22-23H,4-18H2,1-3H3. The zero-order valence-corrected chi connectivity index (χ0v) is 18.3. The van der Waals surface area contributed by atoms with E-state index >= 15 is 0 Å². The van der Waals surface area contributed by atoms with Crippen molar-refractivity contribution in [1.29, 1.82) is 0 Å². The summed E-state index contributed by atoms with van der Waals surface area (Å²) in [7, 11) is 0. The van der Waals surface area contributed by atoms with Gasteiger partial charge >= 0.3 is 0 Å². The zero-order valence-electron chi connectivity index (χ0n) is 18.3. The van der Waals surface area contributed by atoms with Gasteiger partial charge in [0.1, 0.15) is 5.75 Å². The number of unbranched alkanes of at least 4 members (excludes halogenated alkanes) is 7. The second kappa shape index (κ2) is 13.2. The largest absolute Gasteiger partial charge is 0.489 e. The third-order valence-electron chi connectivity index (χ3n) is 6.24. The minimum atomic E-state index is 0.401. The predicted molar refractivity (Wildman–Crippen MR) is 117 cm³/mol. The van der Waals surface area contributed by atoms with E-state index in [1.165, 1.54) is 101 Å². The minimum Gasteiger partial charge on any atom is -0.489 e. The molecule has 0 unspecified atom stereocenters. The molecule has 0 spiro atoms. The van der Waals surface area contributed by atoms with Gasteiger partial charge < -0.3 is 4.74 Å². The number of pyridine rings is 1. The van der Waals surface area contributed by atoms with Crippen LogP contribution in [0.4, 0.5) is 0 Å². The topological polar surface area (TPSA) is 22.1 Å². The van der Waals surface area contributed by atoms with Gasteiger partial charge in [-0.2, -0.15) is 0 Å². The van der Waals surface area contributed by atoms with Crippen molar-refractivity contribution in [3.05, 3.63) is 23.5 Å². The first kappa shape index (κ1) is 22.2. The molecule has 1 heterocycles. The van der Waals surface area contributed by atoms with Crippen molar-refractivity contribution in [1.82, 2.24) is 4.98 Å². The van der Waals surface area contributed by atoms with Gasteiger partial charge in [-0.05, 0) is 63.0 Å². The first-order valence-electron chi connectivity index (χ1n) is 11.8. The summed E-state index contributed by atoms with van der Waals surface area (Å²) in [5, 5.41) is 0. The molecule has 1 aliphatic carbocycles. The highest BCUT2D eigenvalue weighted by Crippen LogP contribution is 2.31. The molecule has 1 aliphatic rings. The highest BCUT2D eigenvalue weighted by molar-refractivity contribution is 5.28. The molecule has 27 heavy (non-hydrogen) atoms. The van der Waals surface area contributed by atoms with E-state index < -0.39 is 0 Å². The van der Waals surface area contributed by atoms with Crippen molar-refractivity contribution in [2.24, 2.45) is 5.92 Å². The molecule has 1 aromatic heterocycles. The van der Waals surface area contributed by atoms with Gasteiger partial charge in [0.05, 0.1) is 12.3 Å². The molecule has 2 heteroatoms. The van der Waals surface area contributed by atoms with Crippen LogP contribution in [0.2, 0.25) is 0 Å². The summed E-state index contributed by atoms with van der Waals surface area (Å²) in [5.74, 6) is 1.92. The number of hydrogen-bond acceptors (Lipinski definition) is 2. The Morgan fingerprint density at radius 3 is 2.22 bits per heavy atom. The molecule has 154 valence electrons. The van der Waals surface area contributed by atoms with Crippen LogP contribution >= 0.6 is 0 Å². The van der Waals surface area contributed by atoms with E-state index in [0.717, 1.165) is 18.1 Å². The summed E-state index contributed by atoms with van der Waals surface area (Å²) in [6.45, 7) is 6.74. The molecule has 0 radical (unpaired) electrons. The monoisotopic (exact) mass is 373 g/mol. The van der Waals surface area contributed by atoms with Crippen molar-refractivity contribution < 1.29 is 4.74 Å². The van der Waals surface area contributed by atoms with Gasteiger partial charge in [-0.25, -0.2) is 0 Å². The Morgan fingerprint density at radius 2 is 1.56 bits per heavy atom. The van der Waals surface area contributed by atoms with Crippen LogP contribution in [-0.4, -0.2) is 11.1 Å². The molecule has 1 aromatic rings. The van der Waals surface area contributed by atoms with Gasteiger partial charge in [0, 0.05) is 5.69 Å². The maximum Gasteiger partial charge on any atom is 0.138 e. The molecule has 1 saturated carbocycles. The molecule has 2 rings (SSSR count). The summed E-state index contributed by atoms with van der Waals surface area (Å²) in [6, 6.07) is 2.21. The zero-order chi connectivity index (χ0) is 19.3. The Hall–Kier alpha value is -1.05. The molecular weight excluding hydrogens is 330 g/mol. The van der Waals surface area contributed by atoms with Crippen LogP contribution in [0.25, 0.3) is 0 Å². The Bertz CT molecular complexity index is 505. The Morgan fingerprint density at radius 1 is 0.889 bits per heavy atom. The first-order valence-corrected chi connectivity index (χ1v) is 11.8. The number of aromatic nitrogens is 1. The molecule has 1 fully saturated rings. The van der Waals surface area contributed by atoms with Crippen LogP contribution in [0, 0.1) is 12.8 Å². The summed E-state index contributed by atoms with van der Waals surface area (Å²) in [4.78, 5) is 4.70. The predicted octanol–water partition coefficient (Wildman–Crippen LogP) is 7.81. The number of aryl methyl sites for hydroxylation is 2. The van der Waals surface area contributed by atoms with Crippen molar-refractivity contribution in [3.63, 3.8) is 0 Å². The lowest BCUT2D eigenvalue weighted by atomic mass is 9.84. The van der Waals surface area contributed by atoms with Gasteiger partial charge in [-0.1, -0.05) is 71.6 Å². The first-order chi connectivity index (χ1) is 13.2. The molecule has 0 aliphatic heterocycles. The Labute approximate surface area is 168 Å². The SMILES string of the molecule is CCCCCCCC1CCC(Oc2cnc(CCCCCC)c(C)c2)CC1. The van der Waals surface area contributed by atoms with Gasteiger partial charge in [0.15, 0.2) is 0 Å². The van der Waals surface area contributed by atoms with Crippen LogP contribution < -0.4 is 4.74 Å². The van der Waals surface area contributed by atoms with Crippen molar-refractivity contribution in [3.8, 4) is 5.75 Å². The van der Waals surface area contributed by atoms with Gasteiger partial charge in [-0.3, -0.25) is 4.98 Å². The summed E-state index contributed by atoms with van der Waals surface area (Å²) >= 11 is 0. The average molecular weight is 374 g/mol. The Kier molecular flexibility index (Phi) is 10.9. The third-order valence-corrected chi connectivity index (χ3v) is 6.24. The normalized spacial score (nSPS) is 20.0. The minimum absolute atomic E-state index is 0.401. The highest BCUT2D eigenvalue weighted by Gasteiger charge is 2.22. The van der Waals surface area contributed by atoms with Crippen LogP contribution in [0.1, 0.15) is 115 Å². The fourth-order valence-electron chi connectivity index (χ4n) is 4.39. The van der Waals surface area contributed by atoms with Crippen LogP contribution in [-0.2, 0) is 6.42 Å². The fourth-order valence-corrected chi connectivity index (χ4v) is 4.39. The van der Waals surface area contributed by atoms with E-state index in [2.05, 4.69) is 26.8 Å². The summed E-state index contributed by atoms with van der Waals surface area (Å²) < 4.78 is 6.28. The lowest BCUT2D eigenvalue weighted by Gasteiger charge is -2.29. The van der Waals surface area contributed by atoms with E-state index in [0.29, 0.717) is 6.10 Å². The third kappa shape index (κ3) is 8.66. The molecule has 0 atom stereocenters. The number of hydrogen-bond donors (Lipinski definition) is 0. The summed E-state index contributed by atoms with van der Waals surface area (Å²) in [5.41, 5.74) is 2.55. The van der Waals surface area contributed by atoms with Crippen LogP contribution in [0.5, 0.6) is 5.75 Å².